The first-order valence-electron chi connectivity index (χ1n) is 5.36. The average molecular weight is 220 g/mol. The molecule has 0 aliphatic carbocycles. The van der Waals surface area contributed by atoms with Gasteiger partial charge in [-0.1, -0.05) is 0 Å². The second-order valence-corrected chi connectivity index (χ2v) is 3.49. The first kappa shape index (κ1) is 10.8. The minimum Gasteiger partial charge on any atom is -0.399 e. The highest BCUT2D eigenvalue weighted by atomic mass is 16.5. The largest absolute Gasteiger partial charge is 0.399 e. The molecule has 0 radical (unpaired) electrons. The lowest BCUT2D eigenvalue weighted by molar-refractivity contribution is 0.158. The maximum Gasteiger partial charge on any atom is 0.201 e. The zero-order chi connectivity index (χ0) is 11.4. The number of aromatic amines is 1. The predicted octanol–water partition coefficient (Wildman–Crippen LogP) is 1.59. The molecule has 0 saturated carbocycles. The van der Waals surface area contributed by atoms with E-state index in [-0.39, 0.29) is 0 Å². The Morgan fingerprint density at radius 1 is 1.50 bits per heavy atom. The fraction of sp³-hybridized carbons (Fsp3) is 0.364. The van der Waals surface area contributed by atoms with Crippen LogP contribution in [0, 0.1) is 0 Å². The average Bonchev–Trinajstić information content (AvgIpc) is 2.66. The molecular weight excluding hydrogens is 204 g/mol. The van der Waals surface area contributed by atoms with Crippen molar-refractivity contribution in [3.05, 3.63) is 18.2 Å². The van der Waals surface area contributed by atoms with Gasteiger partial charge in [0, 0.05) is 18.8 Å². The molecule has 16 heavy (non-hydrogen) atoms. The number of rotatable bonds is 5. The number of imidazole rings is 1. The van der Waals surface area contributed by atoms with Gasteiger partial charge >= 0.3 is 0 Å². The van der Waals surface area contributed by atoms with E-state index in [9.17, 15) is 0 Å². The molecular formula is C11H16N4O. The van der Waals surface area contributed by atoms with Crippen molar-refractivity contribution in [1.82, 2.24) is 9.97 Å². The van der Waals surface area contributed by atoms with Gasteiger partial charge in [0.1, 0.15) is 0 Å². The number of nitrogens with zero attached hydrogens (tertiary/aromatic N) is 1. The van der Waals surface area contributed by atoms with Gasteiger partial charge in [-0.2, -0.15) is 0 Å². The van der Waals surface area contributed by atoms with Crippen molar-refractivity contribution < 1.29 is 4.74 Å². The monoisotopic (exact) mass is 220 g/mol. The quantitative estimate of drug-likeness (QED) is 0.528. The van der Waals surface area contributed by atoms with Crippen LogP contribution in [0.5, 0.6) is 0 Å². The number of ether oxygens (including phenoxy) is 1. The second-order valence-electron chi connectivity index (χ2n) is 3.49. The lowest BCUT2D eigenvalue weighted by atomic mass is 10.3. The van der Waals surface area contributed by atoms with Crippen LogP contribution in [0.15, 0.2) is 18.2 Å². The lowest BCUT2D eigenvalue weighted by Gasteiger charge is -2.01. The Morgan fingerprint density at radius 3 is 3.19 bits per heavy atom. The minimum atomic E-state index is 0.676. The molecule has 86 valence electrons. The van der Waals surface area contributed by atoms with Gasteiger partial charge in [-0.05, 0) is 25.1 Å². The molecule has 0 spiro atoms. The Hall–Kier alpha value is -1.75. The third-order valence-electron chi connectivity index (χ3n) is 2.25. The second kappa shape index (κ2) is 4.85. The first-order chi connectivity index (χ1) is 7.79. The van der Waals surface area contributed by atoms with Crippen molar-refractivity contribution in [2.24, 2.45) is 0 Å². The summed E-state index contributed by atoms with van der Waals surface area (Å²) in [5.41, 5.74) is 8.27. The topological polar surface area (TPSA) is 76.0 Å². The van der Waals surface area contributed by atoms with Crippen LogP contribution < -0.4 is 11.1 Å². The number of H-pyrrole nitrogens is 1. The van der Waals surface area contributed by atoms with E-state index in [1.165, 1.54) is 0 Å². The molecule has 0 atom stereocenters. The highest BCUT2D eigenvalue weighted by molar-refractivity contribution is 5.80. The smallest absolute Gasteiger partial charge is 0.201 e. The summed E-state index contributed by atoms with van der Waals surface area (Å²) in [6.07, 6.45) is 0. The molecule has 0 saturated heterocycles. The van der Waals surface area contributed by atoms with Crippen LogP contribution in [0.4, 0.5) is 11.6 Å². The van der Waals surface area contributed by atoms with E-state index in [4.69, 9.17) is 10.5 Å². The fourth-order valence-electron chi connectivity index (χ4n) is 1.50. The van der Waals surface area contributed by atoms with Gasteiger partial charge in [0.05, 0.1) is 17.6 Å². The number of nitrogens with one attached hydrogen (secondary N) is 2. The predicted molar refractivity (Wildman–Crippen MR) is 65.5 cm³/mol. The number of anilines is 2. The number of hydrogen-bond acceptors (Lipinski definition) is 4. The zero-order valence-electron chi connectivity index (χ0n) is 9.29. The summed E-state index contributed by atoms with van der Waals surface area (Å²) in [6.45, 7) is 4.13. The first-order valence-corrected chi connectivity index (χ1v) is 5.36. The Bertz CT molecular complexity index is 466. The molecule has 0 aliphatic rings. The molecule has 1 heterocycles. The normalized spacial score (nSPS) is 10.8. The molecule has 0 amide bonds. The third-order valence-corrected chi connectivity index (χ3v) is 2.25. The summed E-state index contributed by atoms with van der Waals surface area (Å²) in [4.78, 5) is 7.53. The molecule has 2 aromatic rings. The Morgan fingerprint density at radius 2 is 2.38 bits per heavy atom. The summed E-state index contributed by atoms with van der Waals surface area (Å²) in [5.74, 6) is 0.750. The minimum absolute atomic E-state index is 0.676. The van der Waals surface area contributed by atoms with Crippen LogP contribution in [-0.2, 0) is 4.74 Å². The van der Waals surface area contributed by atoms with Crippen LogP contribution >= 0.6 is 0 Å². The summed E-state index contributed by atoms with van der Waals surface area (Å²) in [7, 11) is 0. The number of fused-ring (bicyclic) bond motifs is 1. The summed E-state index contributed by atoms with van der Waals surface area (Å²) < 4.78 is 5.22. The van der Waals surface area contributed by atoms with Crippen molar-refractivity contribution >= 4 is 22.7 Å². The molecule has 0 unspecified atom stereocenters. The molecule has 2 rings (SSSR count). The third kappa shape index (κ3) is 2.43. The standard InChI is InChI=1S/C11H16N4O/c1-2-16-6-5-13-11-14-9-4-3-8(12)7-10(9)15-11/h3-4,7H,2,5-6,12H2,1H3,(H2,13,14,15). The number of benzene rings is 1. The maximum absolute atomic E-state index is 5.68. The molecule has 0 bridgehead atoms. The SMILES string of the molecule is CCOCCNc1nc2ccc(N)cc2[nH]1. The van der Waals surface area contributed by atoms with Crippen LogP contribution in [0.2, 0.25) is 0 Å². The molecule has 0 aliphatic heterocycles. The number of nitrogen functional groups attached to an aromatic ring is 1. The van der Waals surface area contributed by atoms with Crippen molar-refractivity contribution in [3.63, 3.8) is 0 Å². The van der Waals surface area contributed by atoms with Gasteiger partial charge in [-0.3, -0.25) is 0 Å². The van der Waals surface area contributed by atoms with Gasteiger partial charge in [0.2, 0.25) is 5.95 Å². The van der Waals surface area contributed by atoms with Crippen molar-refractivity contribution in [1.29, 1.82) is 0 Å². The molecule has 5 nitrogen and oxygen atoms in total. The van der Waals surface area contributed by atoms with Crippen molar-refractivity contribution in [2.45, 2.75) is 6.92 Å². The van der Waals surface area contributed by atoms with Crippen molar-refractivity contribution in [2.75, 3.05) is 30.8 Å². The zero-order valence-corrected chi connectivity index (χ0v) is 9.29. The van der Waals surface area contributed by atoms with Crippen LogP contribution in [0.1, 0.15) is 6.92 Å². The lowest BCUT2D eigenvalue weighted by Crippen LogP contribution is -2.09. The highest BCUT2D eigenvalue weighted by Gasteiger charge is 2.01. The summed E-state index contributed by atoms with van der Waals surface area (Å²) >= 11 is 0. The van der Waals surface area contributed by atoms with Crippen LogP contribution in [0.3, 0.4) is 0 Å². The van der Waals surface area contributed by atoms with E-state index in [1.807, 2.05) is 25.1 Å². The molecule has 1 aromatic carbocycles. The Labute approximate surface area is 94.0 Å². The molecule has 0 fully saturated rings. The van der Waals surface area contributed by atoms with E-state index in [0.29, 0.717) is 6.61 Å². The van der Waals surface area contributed by atoms with E-state index in [0.717, 1.165) is 35.8 Å². The number of aromatic nitrogens is 2. The summed E-state index contributed by atoms with van der Waals surface area (Å²) in [6, 6.07) is 5.61. The van der Waals surface area contributed by atoms with Gasteiger partial charge < -0.3 is 20.8 Å². The van der Waals surface area contributed by atoms with E-state index in [2.05, 4.69) is 15.3 Å². The van der Waals surface area contributed by atoms with E-state index < -0.39 is 0 Å². The fourth-order valence-corrected chi connectivity index (χ4v) is 1.50. The molecule has 1 aromatic heterocycles. The van der Waals surface area contributed by atoms with Gasteiger partial charge in [-0.15, -0.1) is 0 Å². The Balaban J connectivity index is 2.02. The van der Waals surface area contributed by atoms with Gasteiger partial charge in [0.25, 0.3) is 0 Å². The van der Waals surface area contributed by atoms with Crippen LogP contribution in [-0.4, -0.2) is 29.7 Å². The molecule has 5 heteroatoms. The number of hydrogen-bond donors (Lipinski definition) is 3. The molecule has 4 N–H and O–H groups in total. The number of nitrogens with two attached hydrogens (primary N) is 1. The Kier molecular flexibility index (Phi) is 3.26. The van der Waals surface area contributed by atoms with Gasteiger partial charge in [0.15, 0.2) is 0 Å². The van der Waals surface area contributed by atoms with E-state index in [1.54, 1.807) is 0 Å². The maximum atomic E-state index is 5.68. The van der Waals surface area contributed by atoms with Crippen LogP contribution in [0.25, 0.3) is 11.0 Å². The van der Waals surface area contributed by atoms with Crippen molar-refractivity contribution in [3.8, 4) is 0 Å². The van der Waals surface area contributed by atoms with Gasteiger partial charge in [-0.25, -0.2) is 4.98 Å². The highest BCUT2D eigenvalue weighted by Crippen LogP contribution is 2.16. The van der Waals surface area contributed by atoms with E-state index >= 15 is 0 Å². The summed E-state index contributed by atoms with van der Waals surface area (Å²) in [5, 5.41) is 3.16.